The minimum Gasteiger partial charge on any atom is -0.207 e. The first kappa shape index (κ1) is 18.9. The van der Waals surface area contributed by atoms with Gasteiger partial charge >= 0.3 is 0 Å². The van der Waals surface area contributed by atoms with E-state index in [0.717, 1.165) is 68.1 Å². The highest BCUT2D eigenvalue weighted by atomic mass is 32.2. The number of hydrogen-bond donors (Lipinski definition) is 0. The highest BCUT2D eigenvalue weighted by Crippen LogP contribution is 2.36. The van der Waals surface area contributed by atoms with Crippen LogP contribution in [0.2, 0.25) is 0 Å². The van der Waals surface area contributed by atoms with Crippen molar-refractivity contribution in [2.45, 2.75) is 102 Å². The lowest BCUT2D eigenvalue weighted by molar-refractivity contribution is 0.169. The van der Waals surface area contributed by atoms with Crippen LogP contribution in [0.5, 0.6) is 0 Å². The average Bonchev–Trinajstić information content (AvgIpc) is 2.55. The molecule has 2 saturated carbocycles. The molecule has 0 radical (unpaired) electrons. The monoisotopic (exact) mass is 363 g/mol. The molecule has 140 valence electrons. The molecule has 25 heavy (non-hydrogen) atoms. The van der Waals surface area contributed by atoms with Gasteiger partial charge in [0, 0.05) is 12.1 Å². The molecule has 1 aromatic carbocycles. The summed E-state index contributed by atoms with van der Waals surface area (Å²) in [6.45, 7) is 5.94. The van der Waals surface area contributed by atoms with E-state index in [-0.39, 0.29) is 12.1 Å². The number of aryl methyl sites for hydroxylation is 3. The molecule has 3 rings (SSSR count). The van der Waals surface area contributed by atoms with Crippen LogP contribution in [0.25, 0.3) is 0 Å². The Hall–Kier alpha value is -0.870. The van der Waals surface area contributed by atoms with Gasteiger partial charge in [-0.2, -0.15) is 4.31 Å². The van der Waals surface area contributed by atoms with Crippen molar-refractivity contribution >= 4 is 10.0 Å². The fraction of sp³-hybridized carbons (Fsp3) is 0.714. The lowest BCUT2D eigenvalue weighted by atomic mass is 9.91. The van der Waals surface area contributed by atoms with E-state index >= 15 is 0 Å². The molecule has 2 aliphatic carbocycles. The van der Waals surface area contributed by atoms with E-state index in [9.17, 15) is 8.42 Å². The van der Waals surface area contributed by atoms with Gasteiger partial charge in [-0.15, -0.1) is 0 Å². The smallest absolute Gasteiger partial charge is 0.207 e. The molecule has 0 spiro atoms. The van der Waals surface area contributed by atoms with Gasteiger partial charge in [0.2, 0.25) is 10.0 Å². The Morgan fingerprint density at radius 2 is 1.16 bits per heavy atom. The van der Waals surface area contributed by atoms with Gasteiger partial charge in [-0.25, -0.2) is 8.42 Å². The van der Waals surface area contributed by atoms with E-state index in [2.05, 4.69) is 0 Å². The van der Waals surface area contributed by atoms with Crippen molar-refractivity contribution < 1.29 is 8.42 Å². The van der Waals surface area contributed by atoms with Crippen LogP contribution < -0.4 is 0 Å². The highest BCUT2D eigenvalue weighted by molar-refractivity contribution is 7.89. The molecule has 0 N–H and O–H groups in total. The quantitative estimate of drug-likeness (QED) is 0.731. The first-order valence-corrected chi connectivity index (χ1v) is 11.5. The summed E-state index contributed by atoms with van der Waals surface area (Å²) >= 11 is 0. The molecule has 0 amide bonds. The molecule has 0 atom stereocenters. The summed E-state index contributed by atoms with van der Waals surface area (Å²) in [5, 5.41) is 0. The second kappa shape index (κ2) is 7.79. The average molecular weight is 364 g/mol. The topological polar surface area (TPSA) is 37.4 Å². The van der Waals surface area contributed by atoms with E-state index in [1.807, 2.05) is 37.2 Å². The Morgan fingerprint density at radius 1 is 0.760 bits per heavy atom. The van der Waals surface area contributed by atoms with Crippen LogP contribution in [0.4, 0.5) is 0 Å². The number of rotatable bonds is 4. The predicted molar refractivity (Wildman–Crippen MR) is 103 cm³/mol. The Balaban J connectivity index is 2.04. The predicted octanol–water partition coefficient (Wildman–Crippen LogP) is 5.27. The van der Waals surface area contributed by atoms with Crippen molar-refractivity contribution in [3.63, 3.8) is 0 Å². The standard InChI is InChI=1S/C21H33NO2S/c1-16-14-17(2)21(18(3)15-16)25(23,24)22(19-10-6-4-7-11-19)20-12-8-5-9-13-20/h14-15,19-20H,4-13H2,1-3H3. The fourth-order valence-corrected chi connectivity index (χ4v) is 7.39. The number of sulfonamides is 1. The van der Waals surface area contributed by atoms with Gasteiger partial charge in [0.15, 0.2) is 0 Å². The first-order chi connectivity index (χ1) is 11.9. The van der Waals surface area contributed by atoms with Crippen molar-refractivity contribution in [3.8, 4) is 0 Å². The largest absolute Gasteiger partial charge is 0.244 e. The second-order valence-electron chi connectivity index (χ2n) is 8.15. The second-order valence-corrected chi connectivity index (χ2v) is 9.93. The summed E-state index contributed by atoms with van der Waals surface area (Å²) in [6.07, 6.45) is 11.3. The van der Waals surface area contributed by atoms with Crippen molar-refractivity contribution in [2.75, 3.05) is 0 Å². The summed E-state index contributed by atoms with van der Waals surface area (Å²) in [7, 11) is -3.45. The molecule has 2 fully saturated rings. The van der Waals surface area contributed by atoms with Crippen molar-refractivity contribution in [1.29, 1.82) is 0 Å². The number of nitrogens with zero attached hydrogens (tertiary/aromatic N) is 1. The van der Waals surface area contributed by atoms with Gasteiger partial charge in [-0.1, -0.05) is 56.2 Å². The van der Waals surface area contributed by atoms with E-state index in [0.29, 0.717) is 4.90 Å². The van der Waals surface area contributed by atoms with Gasteiger partial charge in [0.05, 0.1) is 4.90 Å². The van der Waals surface area contributed by atoms with Crippen molar-refractivity contribution in [2.24, 2.45) is 0 Å². The molecule has 0 heterocycles. The zero-order valence-electron chi connectivity index (χ0n) is 16.1. The number of hydrogen-bond acceptors (Lipinski definition) is 2. The third kappa shape index (κ3) is 3.95. The third-order valence-electron chi connectivity index (χ3n) is 6.01. The lowest BCUT2D eigenvalue weighted by Crippen LogP contribution is -2.48. The van der Waals surface area contributed by atoms with Crippen LogP contribution >= 0.6 is 0 Å². The van der Waals surface area contributed by atoms with Gasteiger partial charge in [0.25, 0.3) is 0 Å². The molecule has 0 unspecified atom stereocenters. The van der Waals surface area contributed by atoms with Crippen LogP contribution in [0.3, 0.4) is 0 Å². The van der Waals surface area contributed by atoms with Crippen LogP contribution in [-0.2, 0) is 10.0 Å². The first-order valence-electron chi connectivity index (χ1n) is 10.0. The van der Waals surface area contributed by atoms with Crippen LogP contribution in [0.1, 0.15) is 80.9 Å². The number of benzene rings is 1. The maximum atomic E-state index is 13.8. The SMILES string of the molecule is Cc1cc(C)c(S(=O)(=O)N(C2CCCCC2)C2CCCCC2)c(C)c1. The van der Waals surface area contributed by atoms with E-state index < -0.39 is 10.0 Å². The van der Waals surface area contributed by atoms with Crippen molar-refractivity contribution in [1.82, 2.24) is 4.31 Å². The molecule has 0 aromatic heterocycles. The summed E-state index contributed by atoms with van der Waals surface area (Å²) in [6, 6.07) is 4.42. The fourth-order valence-electron chi connectivity index (χ4n) is 5.04. The van der Waals surface area contributed by atoms with Gasteiger partial charge in [-0.05, 0) is 57.6 Å². The molecule has 3 nitrogen and oxygen atoms in total. The molecule has 1 aromatic rings. The third-order valence-corrected chi connectivity index (χ3v) is 8.32. The zero-order chi connectivity index (χ0) is 18.0. The summed E-state index contributed by atoms with van der Waals surface area (Å²) in [4.78, 5) is 0.564. The van der Waals surface area contributed by atoms with Gasteiger partial charge in [0.1, 0.15) is 0 Å². The lowest BCUT2D eigenvalue weighted by Gasteiger charge is -2.41. The molecule has 0 saturated heterocycles. The normalized spacial score (nSPS) is 21.0. The van der Waals surface area contributed by atoms with Gasteiger partial charge in [-0.3, -0.25) is 0 Å². The molecular weight excluding hydrogens is 330 g/mol. The van der Waals surface area contributed by atoms with E-state index in [1.165, 1.54) is 12.8 Å². The maximum absolute atomic E-state index is 13.8. The van der Waals surface area contributed by atoms with Crippen LogP contribution in [0, 0.1) is 20.8 Å². The highest BCUT2D eigenvalue weighted by Gasteiger charge is 2.39. The van der Waals surface area contributed by atoms with Gasteiger partial charge < -0.3 is 0 Å². The van der Waals surface area contributed by atoms with E-state index in [1.54, 1.807) is 0 Å². The van der Waals surface area contributed by atoms with Crippen LogP contribution in [-0.4, -0.2) is 24.8 Å². The molecule has 2 aliphatic rings. The van der Waals surface area contributed by atoms with Crippen LogP contribution in [0.15, 0.2) is 17.0 Å². The summed E-state index contributed by atoms with van der Waals surface area (Å²) in [5.74, 6) is 0. The Bertz CT molecular complexity index is 658. The molecular formula is C21H33NO2S. The minimum atomic E-state index is -3.45. The maximum Gasteiger partial charge on any atom is 0.244 e. The van der Waals surface area contributed by atoms with E-state index in [4.69, 9.17) is 0 Å². The van der Waals surface area contributed by atoms with Crippen molar-refractivity contribution in [3.05, 3.63) is 28.8 Å². The minimum absolute atomic E-state index is 0.196. The molecule has 4 heteroatoms. The summed E-state index contributed by atoms with van der Waals surface area (Å²) in [5.41, 5.74) is 2.93. The Labute approximate surface area is 153 Å². The summed E-state index contributed by atoms with van der Waals surface area (Å²) < 4.78 is 29.6. The Morgan fingerprint density at radius 3 is 1.56 bits per heavy atom. The zero-order valence-corrected chi connectivity index (χ0v) is 16.9. The Kier molecular flexibility index (Phi) is 5.89. The molecule has 0 aliphatic heterocycles. The molecule has 0 bridgehead atoms.